The monoisotopic (exact) mass is 991 g/mol. The second-order valence-electron chi connectivity index (χ2n) is 21.7. The highest BCUT2D eigenvalue weighted by Gasteiger charge is 2.55. The van der Waals surface area contributed by atoms with Crippen LogP contribution in [0.25, 0.3) is 44.5 Å². The number of para-hydroxylation sites is 4. The third kappa shape index (κ3) is 4.97. The quantitative estimate of drug-likeness (QED) is 0.176. The smallest absolute Gasteiger partial charge is 0.132 e. The Kier molecular flexibility index (Phi) is 8.20. The first kappa shape index (κ1) is 42.3. The van der Waals surface area contributed by atoms with E-state index in [2.05, 4.69) is 278 Å². The van der Waals surface area contributed by atoms with E-state index in [0.29, 0.717) is 0 Å². The van der Waals surface area contributed by atoms with Gasteiger partial charge in [-0.25, -0.2) is 0 Å². The van der Waals surface area contributed by atoms with E-state index in [9.17, 15) is 0 Å². The summed E-state index contributed by atoms with van der Waals surface area (Å²) in [7, 11) is 0. The number of nitrogens with zero attached hydrogens (tertiary/aromatic N) is 1. The Bertz CT molecular complexity index is 4290. The van der Waals surface area contributed by atoms with Crippen LogP contribution in [-0.2, 0) is 16.2 Å². The van der Waals surface area contributed by atoms with E-state index in [4.69, 9.17) is 9.47 Å². The molecular formula is C75H45NO2. The lowest BCUT2D eigenvalue weighted by molar-refractivity contribution is 0.436. The number of ether oxygens (including phenoxy) is 2. The topological polar surface area (TPSA) is 21.7 Å². The minimum atomic E-state index is -0.592. The standard InChI is InChI=1S/C75H45NO2/c1-6-25-55-48(20-1)49-21-2-7-26-56(49)73(55)59-29-10-5-24-52(59)72-66(73)34-19-35-67(72)76(46-40-42-60-53(44-46)50-22-3-8-27-57(50)74(60)62-30-11-15-36-68(62)77-69-37-16-12-31-63(69)74)47-41-43-61-54(45-47)51-23-4-9-28-58(51)75(61)64-32-13-17-38-70(64)78-71-39-18-14-33-65(71)75/h1-45H. The van der Waals surface area contributed by atoms with E-state index in [1.807, 2.05) is 0 Å². The molecule has 0 bridgehead atoms. The van der Waals surface area contributed by atoms with Crippen LogP contribution < -0.4 is 14.4 Å². The van der Waals surface area contributed by atoms with Crippen LogP contribution in [0.5, 0.6) is 23.0 Å². The van der Waals surface area contributed by atoms with Gasteiger partial charge in [-0.1, -0.05) is 218 Å². The van der Waals surface area contributed by atoms with Crippen molar-refractivity contribution in [2.75, 3.05) is 4.90 Å². The van der Waals surface area contributed by atoms with Crippen molar-refractivity contribution in [3.05, 3.63) is 340 Å². The van der Waals surface area contributed by atoms with E-state index < -0.39 is 16.2 Å². The Balaban J connectivity index is 0.933. The molecule has 2 aliphatic heterocycles. The first-order valence-corrected chi connectivity index (χ1v) is 27.2. The Morgan fingerprint density at radius 2 is 0.500 bits per heavy atom. The summed E-state index contributed by atoms with van der Waals surface area (Å²) >= 11 is 0. The van der Waals surface area contributed by atoms with Crippen LogP contribution in [-0.4, -0.2) is 0 Å². The third-order valence-electron chi connectivity index (χ3n) is 18.4. The van der Waals surface area contributed by atoms with Gasteiger partial charge in [-0.2, -0.15) is 0 Å². The average Bonchev–Trinajstić information content (AvgIpc) is 3.49. The van der Waals surface area contributed by atoms with Crippen molar-refractivity contribution in [1.29, 1.82) is 0 Å². The third-order valence-corrected chi connectivity index (χ3v) is 18.4. The summed E-state index contributed by atoms with van der Waals surface area (Å²) in [6, 6.07) is 102. The largest absolute Gasteiger partial charge is 0.457 e. The Hall–Kier alpha value is -9.96. The molecule has 0 radical (unpaired) electrons. The van der Waals surface area contributed by atoms with E-state index >= 15 is 0 Å². The van der Waals surface area contributed by atoms with Gasteiger partial charge in [0.15, 0.2) is 0 Å². The second-order valence-corrected chi connectivity index (χ2v) is 21.7. The Morgan fingerprint density at radius 3 is 0.897 bits per heavy atom. The van der Waals surface area contributed by atoms with Crippen LogP contribution >= 0.6 is 0 Å². The van der Waals surface area contributed by atoms with E-state index in [1.54, 1.807) is 0 Å². The van der Waals surface area contributed by atoms with Gasteiger partial charge < -0.3 is 14.4 Å². The highest BCUT2D eigenvalue weighted by atomic mass is 16.5. The molecule has 4 aliphatic carbocycles. The molecule has 0 saturated carbocycles. The fourth-order valence-corrected chi connectivity index (χ4v) is 15.7. The molecule has 362 valence electrons. The van der Waals surface area contributed by atoms with Crippen LogP contribution in [0.1, 0.15) is 66.8 Å². The van der Waals surface area contributed by atoms with Gasteiger partial charge in [0.25, 0.3) is 0 Å². The summed E-state index contributed by atoms with van der Waals surface area (Å²) in [6.07, 6.45) is 0. The van der Waals surface area contributed by atoms with Gasteiger partial charge in [0.2, 0.25) is 0 Å². The van der Waals surface area contributed by atoms with Crippen LogP contribution in [0, 0.1) is 0 Å². The van der Waals surface area contributed by atoms with Crippen LogP contribution in [0.2, 0.25) is 0 Å². The van der Waals surface area contributed by atoms with Crippen molar-refractivity contribution < 1.29 is 9.47 Å². The van der Waals surface area contributed by atoms with Crippen molar-refractivity contribution in [2.24, 2.45) is 0 Å². The van der Waals surface area contributed by atoms with Gasteiger partial charge in [-0.3, -0.25) is 0 Å². The number of fused-ring (bicyclic) bond motifs is 28. The summed E-state index contributed by atoms with van der Waals surface area (Å²) in [6.45, 7) is 0. The Labute approximate surface area is 452 Å². The second kappa shape index (κ2) is 15.1. The van der Waals surface area contributed by atoms with Gasteiger partial charge in [0.05, 0.1) is 21.9 Å². The molecule has 0 atom stereocenters. The lowest BCUT2D eigenvalue weighted by atomic mass is 9.66. The lowest BCUT2D eigenvalue weighted by Crippen LogP contribution is -2.32. The molecule has 3 nitrogen and oxygen atoms in total. The molecule has 0 amide bonds. The van der Waals surface area contributed by atoms with E-state index in [1.165, 1.54) is 89.0 Å². The summed E-state index contributed by atoms with van der Waals surface area (Å²) in [5.41, 5.74) is 26.5. The first-order chi connectivity index (χ1) is 38.7. The molecule has 2 heterocycles. The van der Waals surface area contributed by atoms with Gasteiger partial charge in [0, 0.05) is 39.2 Å². The summed E-state index contributed by atoms with van der Waals surface area (Å²) in [5, 5.41) is 0. The van der Waals surface area contributed by atoms with Gasteiger partial charge >= 0.3 is 0 Å². The Morgan fingerprint density at radius 1 is 0.218 bits per heavy atom. The zero-order chi connectivity index (χ0) is 50.9. The molecule has 0 N–H and O–H groups in total. The number of hydrogen-bond donors (Lipinski definition) is 0. The van der Waals surface area contributed by atoms with Crippen molar-refractivity contribution in [3.63, 3.8) is 0 Å². The molecule has 0 aromatic heterocycles. The van der Waals surface area contributed by atoms with Crippen molar-refractivity contribution in [1.82, 2.24) is 0 Å². The predicted octanol–water partition coefficient (Wildman–Crippen LogP) is 18.4. The highest BCUT2D eigenvalue weighted by Crippen LogP contribution is 2.68. The predicted molar refractivity (Wildman–Crippen MR) is 312 cm³/mol. The maximum atomic E-state index is 6.75. The molecule has 0 fully saturated rings. The van der Waals surface area contributed by atoms with Gasteiger partial charge in [-0.15, -0.1) is 0 Å². The van der Waals surface area contributed by atoms with Gasteiger partial charge in [-0.05, 0) is 138 Å². The van der Waals surface area contributed by atoms with Gasteiger partial charge in [0.1, 0.15) is 23.0 Å². The molecule has 0 unspecified atom stereocenters. The highest BCUT2D eigenvalue weighted by molar-refractivity contribution is 6.03. The SMILES string of the molecule is c1ccc2c(c1)Oc1ccccc1C21c2ccccc2-c2cc(N(c3ccc4c(c3)-c3ccccc3C43c4ccccc4Oc4ccccc43)c3cccc4c3-c3ccccc3C43c4ccccc4-c4ccccc43)ccc21. The number of hydrogen-bond acceptors (Lipinski definition) is 3. The van der Waals surface area contributed by atoms with E-state index in [0.717, 1.165) is 62.3 Å². The van der Waals surface area contributed by atoms with Crippen LogP contribution in [0.3, 0.4) is 0 Å². The normalized spacial score (nSPS) is 15.2. The molecule has 12 aromatic rings. The molecular weight excluding hydrogens is 947 g/mol. The summed E-state index contributed by atoms with van der Waals surface area (Å²) < 4.78 is 13.5. The minimum absolute atomic E-state index is 0.513. The fourth-order valence-electron chi connectivity index (χ4n) is 15.7. The average molecular weight is 992 g/mol. The maximum Gasteiger partial charge on any atom is 0.132 e. The molecule has 12 aromatic carbocycles. The summed E-state index contributed by atoms with van der Waals surface area (Å²) in [5.74, 6) is 3.55. The number of rotatable bonds is 3. The van der Waals surface area contributed by atoms with Crippen molar-refractivity contribution >= 4 is 17.1 Å². The first-order valence-electron chi connectivity index (χ1n) is 27.2. The zero-order valence-corrected chi connectivity index (χ0v) is 42.2. The van der Waals surface area contributed by atoms with Crippen molar-refractivity contribution in [3.8, 4) is 67.5 Å². The number of anilines is 3. The molecule has 78 heavy (non-hydrogen) atoms. The molecule has 0 saturated heterocycles. The number of benzene rings is 12. The molecule has 3 heteroatoms. The molecule has 6 aliphatic rings. The fraction of sp³-hybridized carbons (Fsp3) is 0.0400. The molecule has 3 spiro atoms. The zero-order valence-electron chi connectivity index (χ0n) is 42.2. The maximum absolute atomic E-state index is 6.75. The van der Waals surface area contributed by atoms with Crippen LogP contribution in [0.15, 0.2) is 273 Å². The van der Waals surface area contributed by atoms with Crippen LogP contribution in [0.4, 0.5) is 17.1 Å². The minimum Gasteiger partial charge on any atom is -0.457 e. The lowest BCUT2D eigenvalue weighted by Gasteiger charge is -2.39. The molecule has 18 rings (SSSR count). The van der Waals surface area contributed by atoms with E-state index in [-0.39, 0.29) is 0 Å². The summed E-state index contributed by atoms with van der Waals surface area (Å²) in [4.78, 5) is 2.57. The van der Waals surface area contributed by atoms with Crippen molar-refractivity contribution in [2.45, 2.75) is 16.2 Å².